The number of hydrogen-bond acceptors (Lipinski definition) is 8. The minimum atomic E-state index is -3.97. The molecule has 3 aromatic rings. The molecule has 4 rings (SSSR count). The summed E-state index contributed by atoms with van der Waals surface area (Å²) in [6.45, 7) is 0.889. The van der Waals surface area contributed by atoms with Crippen LogP contribution < -0.4 is 9.47 Å². The summed E-state index contributed by atoms with van der Waals surface area (Å²) in [5, 5.41) is 0. The SMILES string of the molecule is COc1cc(S(=O)(=O)N2CCOCC2)cc(C(=O)O[C@H](C(=O)c2ccccc2)c2ccccc2)c1OC. The van der Waals surface area contributed by atoms with Crippen LogP contribution in [0.1, 0.15) is 32.4 Å². The van der Waals surface area contributed by atoms with Gasteiger partial charge >= 0.3 is 5.97 Å². The molecular weight excluding hydrogens is 498 g/mol. The van der Waals surface area contributed by atoms with Gasteiger partial charge in [-0.15, -0.1) is 0 Å². The Labute approximate surface area is 215 Å². The number of esters is 1. The highest BCUT2D eigenvalue weighted by Gasteiger charge is 2.33. The quantitative estimate of drug-likeness (QED) is 0.309. The van der Waals surface area contributed by atoms with Crippen molar-refractivity contribution in [1.82, 2.24) is 4.31 Å². The van der Waals surface area contributed by atoms with Crippen LogP contribution in [0.5, 0.6) is 11.5 Å². The fourth-order valence-electron chi connectivity index (χ4n) is 4.00. The summed E-state index contributed by atoms with van der Waals surface area (Å²) >= 11 is 0. The number of ether oxygens (including phenoxy) is 4. The number of carbonyl (C=O) groups is 2. The summed E-state index contributed by atoms with van der Waals surface area (Å²) < 4.78 is 49.7. The lowest BCUT2D eigenvalue weighted by Gasteiger charge is -2.26. The number of nitrogens with zero attached hydrogens (tertiary/aromatic N) is 1. The first kappa shape index (κ1) is 26.3. The standard InChI is InChI=1S/C27H27NO8S/c1-33-23-18-21(37(31,32)28-13-15-35-16-14-28)17-22(26(23)34-2)27(30)36-25(20-11-7-4-8-12-20)24(29)19-9-5-3-6-10-19/h3-12,17-18,25H,13-16H2,1-2H3/t25-/m0/s1. The molecule has 0 bridgehead atoms. The lowest BCUT2D eigenvalue weighted by molar-refractivity contribution is 0.0276. The minimum Gasteiger partial charge on any atom is -0.493 e. The van der Waals surface area contributed by atoms with E-state index in [1.807, 2.05) is 0 Å². The van der Waals surface area contributed by atoms with Crippen LogP contribution in [-0.2, 0) is 19.5 Å². The van der Waals surface area contributed by atoms with Crippen LogP contribution in [0.25, 0.3) is 0 Å². The highest BCUT2D eigenvalue weighted by atomic mass is 32.2. The highest BCUT2D eigenvalue weighted by Crippen LogP contribution is 2.37. The maximum absolute atomic E-state index is 13.5. The lowest BCUT2D eigenvalue weighted by Crippen LogP contribution is -2.40. The van der Waals surface area contributed by atoms with Gasteiger partial charge in [-0.3, -0.25) is 4.79 Å². The predicted molar refractivity (Wildman–Crippen MR) is 134 cm³/mol. The second kappa shape index (κ2) is 11.5. The second-order valence-electron chi connectivity index (χ2n) is 8.15. The Morgan fingerprint density at radius 1 is 0.892 bits per heavy atom. The van der Waals surface area contributed by atoms with E-state index in [0.29, 0.717) is 11.1 Å². The number of ketones is 1. The van der Waals surface area contributed by atoms with E-state index < -0.39 is 27.9 Å². The molecule has 0 saturated carbocycles. The first-order valence-corrected chi connectivity index (χ1v) is 13.0. The van der Waals surface area contributed by atoms with Crippen molar-refractivity contribution in [2.24, 2.45) is 0 Å². The molecule has 1 fully saturated rings. The van der Waals surface area contributed by atoms with Crippen LogP contribution in [0, 0.1) is 0 Å². The summed E-state index contributed by atoms with van der Waals surface area (Å²) in [7, 11) is -1.31. The summed E-state index contributed by atoms with van der Waals surface area (Å²) in [5.41, 5.74) is 0.639. The fraction of sp³-hybridized carbons (Fsp3) is 0.259. The molecule has 10 heteroatoms. The van der Waals surface area contributed by atoms with Crippen molar-refractivity contribution in [1.29, 1.82) is 0 Å². The molecule has 1 aliphatic rings. The van der Waals surface area contributed by atoms with Crippen molar-refractivity contribution in [3.8, 4) is 11.5 Å². The van der Waals surface area contributed by atoms with Crippen LogP contribution in [0.2, 0.25) is 0 Å². The summed E-state index contributed by atoms with van der Waals surface area (Å²) in [5.74, 6) is -1.34. The minimum absolute atomic E-state index is 0.00704. The van der Waals surface area contributed by atoms with Crippen molar-refractivity contribution < 1.29 is 37.0 Å². The van der Waals surface area contributed by atoms with Gasteiger partial charge in [0.25, 0.3) is 0 Å². The van der Waals surface area contributed by atoms with Crippen LogP contribution in [0.15, 0.2) is 77.7 Å². The van der Waals surface area contributed by atoms with E-state index in [1.165, 1.54) is 30.7 Å². The average molecular weight is 526 g/mol. The number of benzene rings is 3. The molecule has 0 spiro atoms. The van der Waals surface area contributed by atoms with Crippen LogP contribution >= 0.6 is 0 Å². The largest absolute Gasteiger partial charge is 0.493 e. The van der Waals surface area contributed by atoms with Crippen LogP contribution in [0.4, 0.5) is 0 Å². The highest BCUT2D eigenvalue weighted by molar-refractivity contribution is 7.89. The molecule has 1 atom stereocenters. The second-order valence-corrected chi connectivity index (χ2v) is 10.1. The third kappa shape index (κ3) is 5.66. The molecule has 37 heavy (non-hydrogen) atoms. The van der Waals surface area contributed by atoms with Crippen LogP contribution in [0.3, 0.4) is 0 Å². The number of sulfonamides is 1. The van der Waals surface area contributed by atoms with Crippen molar-refractivity contribution in [2.75, 3.05) is 40.5 Å². The van der Waals surface area contributed by atoms with Crippen molar-refractivity contribution >= 4 is 21.8 Å². The van der Waals surface area contributed by atoms with Crippen molar-refractivity contribution in [3.63, 3.8) is 0 Å². The lowest BCUT2D eigenvalue weighted by atomic mass is 9.99. The van der Waals surface area contributed by atoms with Gasteiger partial charge in [-0.2, -0.15) is 4.31 Å². The van der Waals surface area contributed by atoms with Crippen LogP contribution in [-0.4, -0.2) is 65.0 Å². The van der Waals surface area contributed by atoms with E-state index in [0.717, 1.165) is 0 Å². The van der Waals surface area contributed by atoms with Gasteiger partial charge in [0.1, 0.15) is 5.56 Å². The Kier molecular flexibility index (Phi) is 8.22. The zero-order chi connectivity index (χ0) is 26.4. The zero-order valence-corrected chi connectivity index (χ0v) is 21.3. The van der Waals surface area contributed by atoms with Gasteiger partial charge in [0.2, 0.25) is 15.8 Å². The number of carbonyl (C=O) groups excluding carboxylic acids is 2. The topological polar surface area (TPSA) is 108 Å². The molecule has 3 aromatic carbocycles. The van der Waals surface area contributed by atoms with E-state index in [-0.39, 0.29) is 48.3 Å². The Balaban J connectivity index is 1.75. The fourth-order valence-corrected chi connectivity index (χ4v) is 5.45. The van der Waals surface area contributed by atoms with Gasteiger partial charge in [0, 0.05) is 30.3 Å². The van der Waals surface area contributed by atoms with Gasteiger partial charge in [0.15, 0.2) is 17.6 Å². The Morgan fingerprint density at radius 3 is 2.11 bits per heavy atom. The number of methoxy groups -OCH3 is 2. The van der Waals surface area contributed by atoms with E-state index in [1.54, 1.807) is 60.7 Å². The number of morpholine rings is 1. The molecule has 9 nitrogen and oxygen atoms in total. The molecule has 1 aliphatic heterocycles. The monoisotopic (exact) mass is 525 g/mol. The molecule has 194 valence electrons. The number of rotatable bonds is 9. The smallest absolute Gasteiger partial charge is 0.343 e. The third-order valence-electron chi connectivity index (χ3n) is 5.90. The molecule has 0 N–H and O–H groups in total. The normalized spacial score (nSPS) is 15.0. The summed E-state index contributed by atoms with van der Waals surface area (Å²) in [6.07, 6.45) is -1.27. The van der Waals surface area contributed by atoms with Gasteiger partial charge in [-0.05, 0) is 6.07 Å². The molecule has 0 radical (unpaired) electrons. The molecule has 1 saturated heterocycles. The van der Waals surface area contributed by atoms with Gasteiger partial charge in [-0.1, -0.05) is 60.7 Å². The molecule has 0 aliphatic carbocycles. The number of hydrogen-bond donors (Lipinski definition) is 0. The van der Waals surface area contributed by atoms with Crippen molar-refractivity contribution in [2.45, 2.75) is 11.0 Å². The van der Waals surface area contributed by atoms with E-state index in [9.17, 15) is 18.0 Å². The molecular formula is C27H27NO8S. The Hall–Kier alpha value is -3.73. The zero-order valence-electron chi connectivity index (χ0n) is 20.5. The molecule has 0 amide bonds. The Bertz CT molecular complexity index is 1350. The van der Waals surface area contributed by atoms with E-state index in [2.05, 4.69) is 0 Å². The molecule has 0 aromatic heterocycles. The van der Waals surface area contributed by atoms with Gasteiger partial charge in [-0.25, -0.2) is 13.2 Å². The third-order valence-corrected chi connectivity index (χ3v) is 7.78. The van der Waals surface area contributed by atoms with Crippen molar-refractivity contribution in [3.05, 3.63) is 89.5 Å². The summed E-state index contributed by atoms with van der Waals surface area (Å²) in [6, 6.07) is 19.5. The van der Waals surface area contributed by atoms with E-state index in [4.69, 9.17) is 18.9 Å². The summed E-state index contributed by atoms with van der Waals surface area (Å²) in [4.78, 5) is 26.7. The first-order chi connectivity index (χ1) is 17.9. The van der Waals surface area contributed by atoms with E-state index >= 15 is 0 Å². The maximum Gasteiger partial charge on any atom is 0.343 e. The average Bonchev–Trinajstić information content (AvgIpc) is 2.96. The van der Waals surface area contributed by atoms with Gasteiger partial charge in [0.05, 0.1) is 32.3 Å². The Morgan fingerprint density at radius 2 is 1.51 bits per heavy atom. The number of Topliss-reactive ketones (excluding diaryl/α,β-unsaturated/α-hetero) is 1. The molecule has 0 unspecified atom stereocenters. The van der Waals surface area contributed by atoms with Gasteiger partial charge < -0.3 is 18.9 Å². The maximum atomic E-state index is 13.5. The molecule has 1 heterocycles. The first-order valence-electron chi connectivity index (χ1n) is 11.6. The predicted octanol–water partition coefficient (Wildman–Crippen LogP) is 3.51.